The van der Waals surface area contributed by atoms with Crippen molar-refractivity contribution in [1.29, 1.82) is 0 Å². The lowest BCUT2D eigenvalue weighted by Crippen LogP contribution is -2.06. The van der Waals surface area contributed by atoms with Crippen molar-refractivity contribution < 1.29 is 4.79 Å². The SMILES string of the molecule is CC(=O)Nc1nc(Cn2cc(CN)nn2)cs1. The van der Waals surface area contributed by atoms with Gasteiger partial charge in [0.1, 0.15) is 0 Å². The van der Waals surface area contributed by atoms with Crippen molar-refractivity contribution >= 4 is 22.4 Å². The minimum absolute atomic E-state index is 0.128. The highest BCUT2D eigenvalue weighted by atomic mass is 32.1. The van der Waals surface area contributed by atoms with Crippen LogP contribution in [0.25, 0.3) is 0 Å². The summed E-state index contributed by atoms with van der Waals surface area (Å²) in [4.78, 5) is 15.1. The number of thiazole rings is 1. The Hall–Kier alpha value is -1.80. The van der Waals surface area contributed by atoms with Crippen LogP contribution in [0.4, 0.5) is 5.13 Å². The average molecular weight is 252 g/mol. The lowest BCUT2D eigenvalue weighted by molar-refractivity contribution is -0.114. The molecule has 1 amide bonds. The molecule has 0 aliphatic carbocycles. The number of nitrogens with two attached hydrogens (primary N) is 1. The van der Waals surface area contributed by atoms with E-state index in [9.17, 15) is 4.79 Å². The minimum Gasteiger partial charge on any atom is -0.325 e. The summed E-state index contributed by atoms with van der Waals surface area (Å²) in [6.07, 6.45) is 1.78. The summed E-state index contributed by atoms with van der Waals surface area (Å²) in [7, 11) is 0. The van der Waals surface area contributed by atoms with Gasteiger partial charge in [0.15, 0.2) is 5.13 Å². The van der Waals surface area contributed by atoms with Crippen molar-refractivity contribution in [3.8, 4) is 0 Å². The van der Waals surface area contributed by atoms with E-state index in [1.54, 1.807) is 10.9 Å². The first kappa shape index (κ1) is 11.7. The van der Waals surface area contributed by atoms with Gasteiger partial charge in [-0.25, -0.2) is 9.67 Å². The van der Waals surface area contributed by atoms with E-state index in [0.717, 1.165) is 11.4 Å². The van der Waals surface area contributed by atoms with E-state index >= 15 is 0 Å². The van der Waals surface area contributed by atoms with E-state index in [0.29, 0.717) is 18.2 Å². The number of aromatic nitrogens is 4. The van der Waals surface area contributed by atoms with Crippen LogP contribution in [0.1, 0.15) is 18.3 Å². The summed E-state index contributed by atoms with van der Waals surface area (Å²) in [5, 5.41) is 12.9. The van der Waals surface area contributed by atoms with Gasteiger partial charge in [0.05, 0.1) is 24.1 Å². The van der Waals surface area contributed by atoms with Crippen molar-refractivity contribution in [3.05, 3.63) is 23.0 Å². The van der Waals surface area contributed by atoms with Gasteiger partial charge < -0.3 is 11.1 Å². The van der Waals surface area contributed by atoms with Crippen molar-refractivity contribution in [2.75, 3.05) is 5.32 Å². The summed E-state index contributed by atoms with van der Waals surface area (Å²) in [5.74, 6) is -0.128. The second-order valence-corrected chi connectivity index (χ2v) is 4.29. The fraction of sp³-hybridized carbons (Fsp3) is 0.333. The van der Waals surface area contributed by atoms with E-state index < -0.39 is 0 Å². The maximum absolute atomic E-state index is 10.8. The van der Waals surface area contributed by atoms with Gasteiger partial charge in [-0.1, -0.05) is 5.21 Å². The van der Waals surface area contributed by atoms with Gasteiger partial charge in [0.2, 0.25) is 5.91 Å². The molecule has 0 fully saturated rings. The summed E-state index contributed by atoms with van der Waals surface area (Å²) < 4.78 is 1.66. The smallest absolute Gasteiger partial charge is 0.223 e. The number of anilines is 1. The highest BCUT2D eigenvalue weighted by Crippen LogP contribution is 2.15. The molecule has 0 spiro atoms. The lowest BCUT2D eigenvalue weighted by Gasteiger charge is -1.96. The zero-order valence-electron chi connectivity index (χ0n) is 9.25. The van der Waals surface area contributed by atoms with E-state index in [4.69, 9.17) is 5.73 Å². The van der Waals surface area contributed by atoms with E-state index in [-0.39, 0.29) is 5.91 Å². The van der Waals surface area contributed by atoms with Crippen LogP contribution in [0.15, 0.2) is 11.6 Å². The highest BCUT2D eigenvalue weighted by Gasteiger charge is 2.05. The molecule has 0 bridgehead atoms. The molecule has 0 aromatic carbocycles. The van der Waals surface area contributed by atoms with Crippen molar-refractivity contribution in [2.45, 2.75) is 20.0 Å². The monoisotopic (exact) mass is 252 g/mol. The topological polar surface area (TPSA) is 98.7 Å². The number of nitrogens with zero attached hydrogens (tertiary/aromatic N) is 4. The summed E-state index contributed by atoms with van der Waals surface area (Å²) in [5.41, 5.74) is 7.00. The maximum atomic E-state index is 10.8. The summed E-state index contributed by atoms with van der Waals surface area (Å²) in [6, 6.07) is 0. The molecule has 90 valence electrons. The van der Waals surface area contributed by atoms with Gasteiger partial charge in [-0.15, -0.1) is 16.4 Å². The Morgan fingerprint density at radius 1 is 1.59 bits per heavy atom. The third-order valence-corrected chi connectivity index (χ3v) is 2.76. The molecular formula is C9H12N6OS. The summed E-state index contributed by atoms with van der Waals surface area (Å²) in [6.45, 7) is 2.34. The fourth-order valence-electron chi connectivity index (χ4n) is 1.26. The van der Waals surface area contributed by atoms with Crippen molar-refractivity contribution in [1.82, 2.24) is 20.0 Å². The molecule has 0 unspecified atom stereocenters. The quantitative estimate of drug-likeness (QED) is 0.810. The van der Waals surface area contributed by atoms with Crippen LogP contribution in [0.5, 0.6) is 0 Å². The Morgan fingerprint density at radius 3 is 3.06 bits per heavy atom. The number of rotatable bonds is 4. The first-order valence-electron chi connectivity index (χ1n) is 4.98. The standard InChI is InChI=1S/C9H12N6OS/c1-6(16)11-9-12-8(5-17-9)4-15-3-7(2-10)13-14-15/h3,5H,2,4,10H2,1H3,(H,11,12,16). The van der Waals surface area contributed by atoms with Crippen LogP contribution >= 0.6 is 11.3 Å². The number of amides is 1. The molecule has 3 N–H and O–H groups in total. The third-order valence-electron chi connectivity index (χ3n) is 1.95. The van der Waals surface area contributed by atoms with Gasteiger partial charge in [-0.05, 0) is 0 Å². The fourth-order valence-corrected chi connectivity index (χ4v) is 2.01. The van der Waals surface area contributed by atoms with Gasteiger partial charge in [-0.3, -0.25) is 4.79 Å². The second kappa shape index (κ2) is 5.02. The molecule has 0 atom stereocenters. The second-order valence-electron chi connectivity index (χ2n) is 3.44. The van der Waals surface area contributed by atoms with Crippen LogP contribution < -0.4 is 11.1 Å². The lowest BCUT2D eigenvalue weighted by atomic mass is 10.4. The van der Waals surface area contributed by atoms with Gasteiger partial charge in [0, 0.05) is 18.8 Å². The molecule has 7 nitrogen and oxygen atoms in total. The minimum atomic E-state index is -0.128. The predicted molar refractivity (Wildman–Crippen MR) is 63.4 cm³/mol. The molecule has 2 aromatic heterocycles. The van der Waals surface area contributed by atoms with Crippen molar-refractivity contribution in [3.63, 3.8) is 0 Å². The molecule has 2 rings (SSSR count). The zero-order valence-corrected chi connectivity index (χ0v) is 10.1. The molecule has 2 aromatic rings. The van der Waals surface area contributed by atoms with Crippen molar-refractivity contribution in [2.24, 2.45) is 5.73 Å². The van der Waals surface area contributed by atoms with Crippen LogP contribution in [-0.4, -0.2) is 25.9 Å². The Bertz CT molecular complexity index is 519. The first-order chi connectivity index (χ1) is 8.17. The molecule has 0 saturated heterocycles. The summed E-state index contributed by atoms with van der Waals surface area (Å²) >= 11 is 1.38. The maximum Gasteiger partial charge on any atom is 0.223 e. The average Bonchev–Trinajstić information content (AvgIpc) is 2.88. The van der Waals surface area contributed by atoms with E-state index in [2.05, 4.69) is 20.6 Å². The number of nitrogens with one attached hydrogen (secondary N) is 1. The molecule has 0 aliphatic rings. The van der Waals surface area contributed by atoms with Gasteiger partial charge in [-0.2, -0.15) is 0 Å². The van der Waals surface area contributed by atoms with Crippen LogP contribution in [0.2, 0.25) is 0 Å². The van der Waals surface area contributed by atoms with E-state index in [1.807, 2.05) is 5.38 Å². The predicted octanol–water partition coefficient (Wildman–Crippen LogP) is 0.200. The molecule has 17 heavy (non-hydrogen) atoms. The number of carbonyl (C=O) groups is 1. The van der Waals surface area contributed by atoms with Gasteiger partial charge >= 0.3 is 0 Å². The Kier molecular flexibility index (Phi) is 3.45. The van der Waals surface area contributed by atoms with Crippen LogP contribution in [0, 0.1) is 0 Å². The van der Waals surface area contributed by atoms with Crippen LogP contribution in [-0.2, 0) is 17.9 Å². The largest absolute Gasteiger partial charge is 0.325 e. The molecule has 0 aliphatic heterocycles. The highest BCUT2D eigenvalue weighted by molar-refractivity contribution is 7.13. The molecule has 0 radical (unpaired) electrons. The van der Waals surface area contributed by atoms with Gasteiger partial charge in [0.25, 0.3) is 0 Å². The Labute approximate surface area is 102 Å². The number of hydrogen-bond donors (Lipinski definition) is 2. The third kappa shape index (κ3) is 3.08. The molecule has 2 heterocycles. The molecule has 0 saturated carbocycles. The van der Waals surface area contributed by atoms with E-state index in [1.165, 1.54) is 18.3 Å². The normalized spacial score (nSPS) is 10.5. The number of hydrogen-bond acceptors (Lipinski definition) is 6. The Morgan fingerprint density at radius 2 is 2.41 bits per heavy atom. The van der Waals surface area contributed by atoms with Crippen LogP contribution in [0.3, 0.4) is 0 Å². The Balaban J connectivity index is 2.03. The number of carbonyl (C=O) groups excluding carboxylic acids is 1. The first-order valence-corrected chi connectivity index (χ1v) is 5.86. The molecular weight excluding hydrogens is 240 g/mol. The molecule has 8 heteroatoms. The zero-order chi connectivity index (χ0) is 12.3.